The van der Waals surface area contributed by atoms with Crippen molar-refractivity contribution in [2.24, 2.45) is 23.7 Å². The Labute approximate surface area is 661 Å². The van der Waals surface area contributed by atoms with Crippen molar-refractivity contribution in [1.29, 1.82) is 0 Å². The zero-order valence-corrected chi connectivity index (χ0v) is 68.7. The van der Waals surface area contributed by atoms with Gasteiger partial charge in [-0.3, -0.25) is 14.6 Å². The molecule has 98 heavy (non-hydrogen) atoms. The molecule has 8 aliphatic rings. The summed E-state index contributed by atoms with van der Waals surface area (Å²) in [6, 6.07) is 29.3. The standard InChI is InChI=1S/C22H31N2O2.C19H27N2O.C18H24N2O.C18H24N2.C3H7I.CH4.B.2HI.Na.H/c1-4-9-24(3)14-16(22(25)26-10-5-2)11-18-17-7-6-8-19-21(17)15(13-23-19)12-20(18)24;1-3-7-21(2)11-13(12-22)8-16-15-5-4-6-17-19(15)14(10-20-17)9-18(16)21;1-2-6-20-10-12(11-21)7-15-14-4-3-5-16-18(14)13(9-19-16)8-17(15)20;1-3-7-20-11-12(2)8-15-14-5-4-6-16-18(14)13(10-19-16)9-17(15)20;1-2-3-4;;;;;;/h6-8,13,16,18,20,23H,4-5,9-12,14H2,1-3H3;4-6,10,13,16,18,20,22H,3,7-9,11-12H2,1-2H3;3-5,9,12,15,17,19,21H,2,6-8,10-11H2,1H3;4-6,10,12,15,17,19H,3,7-9,11H2,1-2H3;2-3H2,1H3;1H4;;2*1H;;/q2*+1;;;;;;;;+1;-1/p-2/t16-,18-,20-,24?;13-,16-,18-,21?;2*12-,15-,17-;;;;;;;/m1111......./s1. The molecule has 4 aliphatic carbocycles. The number of quaternary nitrogens is 2. The van der Waals surface area contributed by atoms with Gasteiger partial charge in [-0.15, -0.1) is 0 Å². The minimum atomic E-state index is 0. The third-order valence-corrected chi connectivity index (χ3v) is 24.8. The Morgan fingerprint density at radius 1 is 0.541 bits per heavy atom. The van der Waals surface area contributed by atoms with Crippen LogP contribution in [0.15, 0.2) is 97.6 Å². The molecule has 4 fully saturated rings. The fourth-order valence-electron chi connectivity index (χ4n) is 20.0. The number of piperidine rings is 4. The van der Waals surface area contributed by atoms with Gasteiger partial charge in [-0.1, -0.05) is 127 Å². The maximum absolute atomic E-state index is 12.7. The first kappa shape index (κ1) is 82.8. The summed E-state index contributed by atoms with van der Waals surface area (Å²) >= 11 is 2.35. The minimum absolute atomic E-state index is 0. The van der Waals surface area contributed by atoms with Crippen molar-refractivity contribution in [3.63, 3.8) is 0 Å². The topological polar surface area (TPSA) is 136 Å². The summed E-state index contributed by atoms with van der Waals surface area (Å²) in [5.74, 6) is 4.04. The molecular weight excluding hydrogens is 1560 g/mol. The molecule has 4 saturated heterocycles. The summed E-state index contributed by atoms with van der Waals surface area (Å²) in [4.78, 5) is 31.9. The summed E-state index contributed by atoms with van der Waals surface area (Å²) in [6.45, 7) is 26.0. The molecule has 12 nitrogen and oxygen atoms in total. The van der Waals surface area contributed by atoms with Crippen molar-refractivity contribution in [2.75, 3.05) is 90.7 Å². The number of hydrogen-bond donors (Lipinski definition) is 6. The zero-order valence-electron chi connectivity index (χ0n) is 61.3. The molecule has 4 aromatic carbocycles. The van der Waals surface area contributed by atoms with Gasteiger partial charge in [0, 0.05) is 151 Å². The Hall–Kier alpha value is -2.48. The molecular formula is C81H118BI3N8NaO4. The molecule has 2 unspecified atom stereocenters. The van der Waals surface area contributed by atoms with Gasteiger partial charge in [0.1, 0.15) is 5.92 Å². The SMILES string of the molecule is C.CCCI.CCCN1C[C@H](C)C[C@@H]2c3cccc4[nH]cc(c34)C[C@H]21.CCCN1C[C@H](CO)C[C@@H]2c3cccc4[nH]cc(c34)C[C@H]21.CCCOC(=O)[C@@H]1C[C@@H]2c3cccc4[nH]cc(c34)C[C@H]2[N+](C)(CCC)C1.CCC[N+]1(C)C[C@H](CO)C[C@@H]2c3cccc4[nH]cc(c34)C[C@H]21.[B].[H-].[I-].[I-].[Na+]. The zero-order chi connectivity index (χ0) is 65.1. The van der Waals surface area contributed by atoms with Crippen LogP contribution in [0.5, 0.6) is 0 Å². The summed E-state index contributed by atoms with van der Waals surface area (Å²) in [7, 11) is 4.78. The molecule has 17 heteroatoms. The molecule has 0 saturated carbocycles. The number of hydrogen-bond acceptors (Lipinski definition) is 6. The Morgan fingerprint density at radius 3 is 1.34 bits per heavy atom. The van der Waals surface area contributed by atoms with Gasteiger partial charge in [-0.05, 0) is 175 Å². The third kappa shape index (κ3) is 16.8. The van der Waals surface area contributed by atoms with Crippen molar-refractivity contribution in [1.82, 2.24) is 29.7 Å². The van der Waals surface area contributed by atoms with Gasteiger partial charge < -0.3 is 93.2 Å². The number of ether oxygens (including phenoxy) is 1. The molecule has 3 radical (unpaired) electrons. The predicted molar refractivity (Wildman–Crippen MR) is 407 cm³/mol. The average molecular weight is 1680 g/mol. The van der Waals surface area contributed by atoms with Gasteiger partial charge in [-0.2, -0.15) is 0 Å². The number of aliphatic hydroxyl groups is 2. The molecule has 0 amide bonds. The Kier molecular flexibility index (Phi) is 31.2. The monoisotopic (exact) mass is 1680 g/mol. The number of nitrogens with zero attached hydrogens (tertiary/aromatic N) is 4. The quantitative estimate of drug-likeness (QED) is 0.0227. The number of carbonyl (C=O) groups is 1. The van der Waals surface area contributed by atoms with E-state index < -0.39 is 0 Å². The predicted octanol–water partition coefficient (Wildman–Crippen LogP) is 7.09. The van der Waals surface area contributed by atoms with Crippen LogP contribution in [0.25, 0.3) is 43.6 Å². The number of likely N-dealkylation sites (N-methyl/N-ethyl adjacent to an activating group) is 2. The maximum atomic E-state index is 12.7. The van der Waals surface area contributed by atoms with Crippen LogP contribution >= 0.6 is 22.6 Å². The van der Waals surface area contributed by atoms with Crippen LogP contribution < -0.4 is 77.5 Å². The second kappa shape index (κ2) is 37.0. The van der Waals surface area contributed by atoms with Crippen molar-refractivity contribution >= 4 is 80.6 Å². The van der Waals surface area contributed by atoms with Crippen molar-refractivity contribution < 1.29 is 108 Å². The number of nitrogens with one attached hydrogen (secondary N) is 4. The fourth-order valence-corrected chi connectivity index (χ4v) is 20.0. The van der Waals surface area contributed by atoms with Gasteiger partial charge in [0.05, 0.1) is 65.6 Å². The molecule has 0 bridgehead atoms. The van der Waals surface area contributed by atoms with E-state index in [2.05, 4.69) is 212 Å². The molecule has 8 aromatic rings. The smallest absolute Gasteiger partial charge is 1.00 e. The number of benzene rings is 4. The van der Waals surface area contributed by atoms with E-state index in [1.807, 2.05) is 0 Å². The first-order chi connectivity index (χ1) is 45.2. The summed E-state index contributed by atoms with van der Waals surface area (Å²) in [5.41, 5.74) is 17.1. The summed E-state index contributed by atoms with van der Waals surface area (Å²) in [6.07, 6.45) is 25.1. The van der Waals surface area contributed by atoms with E-state index in [1.165, 1.54) is 152 Å². The second-order valence-electron chi connectivity index (χ2n) is 30.3. The number of fused-ring (bicyclic) bond motifs is 8. The number of H-pyrrole nitrogens is 4. The van der Waals surface area contributed by atoms with Crippen LogP contribution in [0.2, 0.25) is 0 Å². The number of rotatable bonds is 14. The second-order valence-corrected chi connectivity index (χ2v) is 31.4. The van der Waals surface area contributed by atoms with Crippen LogP contribution in [0.4, 0.5) is 0 Å². The van der Waals surface area contributed by atoms with Gasteiger partial charge >= 0.3 is 35.5 Å². The van der Waals surface area contributed by atoms with Crippen molar-refractivity contribution in [3.05, 3.63) is 142 Å². The number of halogens is 3. The normalized spacial score (nSPS) is 28.1. The van der Waals surface area contributed by atoms with Crippen LogP contribution in [-0.4, -0.2) is 178 Å². The van der Waals surface area contributed by atoms with Gasteiger partial charge in [-0.25, -0.2) is 0 Å². The molecule has 14 atom stereocenters. The maximum Gasteiger partial charge on any atom is 1.00 e. The summed E-state index contributed by atoms with van der Waals surface area (Å²) < 4.78 is 8.94. The first-order valence-corrected chi connectivity index (χ1v) is 38.2. The Balaban J connectivity index is 0.000000201. The number of alkyl halides is 1. The molecule has 6 N–H and O–H groups in total. The van der Waals surface area contributed by atoms with E-state index in [1.54, 1.807) is 5.56 Å². The van der Waals surface area contributed by atoms with E-state index in [-0.39, 0.29) is 107 Å². The van der Waals surface area contributed by atoms with E-state index >= 15 is 0 Å². The summed E-state index contributed by atoms with van der Waals surface area (Å²) in [5, 5.41) is 25.3. The van der Waals surface area contributed by atoms with Crippen molar-refractivity contribution in [3.8, 4) is 0 Å². The molecule has 4 aromatic heterocycles. The molecule has 0 spiro atoms. The van der Waals surface area contributed by atoms with Gasteiger partial charge in [0.25, 0.3) is 0 Å². The van der Waals surface area contributed by atoms with Crippen LogP contribution in [-0.2, 0) is 35.2 Å². The van der Waals surface area contributed by atoms with Crippen LogP contribution in [0.1, 0.15) is 190 Å². The van der Waals surface area contributed by atoms with Crippen LogP contribution in [0, 0.1) is 23.7 Å². The number of aromatic nitrogens is 4. The molecule has 16 rings (SSSR count). The van der Waals surface area contributed by atoms with Crippen molar-refractivity contribution in [2.45, 2.75) is 194 Å². The van der Waals surface area contributed by atoms with E-state index in [0.29, 0.717) is 67.5 Å². The first-order valence-electron chi connectivity index (χ1n) is 36.7. The van der Waals surface area contributed by atoms with Gasteiger partial charge in [0.2, 0.25) is 0 Å². The number of likely N-dealkylation sites (tertiary alicyclic amines) is 4. The van der Waals surface area contributed by atoms with E-state index in [9.17, 15) is 15.0 Å². The fraction of sp³-hybridized carbons (Fsp3) is 0.593. The van der Waals surface area contributed by atoms with Crippen LogP contribution in [0.3, 0.4) is 0 Å². The number of aromatic amines is 4. The average Bonchev–Trinajstić information content (AvgIpc) is 1.73. The van der Waals surface area contributed by atoms with Gasteiger partial charge in [0.15, 0.2) is 0 Å². The number of aliphatic hydroxyl groups excluding tert-OH is 2. The molecule has 531 valence electrons. The number of esters is 1. The third-order valence-electron chi connectivity index (χ3n) is 23.7. The largest absolute Gasteiger partial charge is 1.00 e. The van der Waals surface area contributed by atoms with E-state index in [4.69, 9.17) is 4.74 Å². The Morgan fingerprint density at radius 2 is 0.929 bits per heavy atom. The minimum Gasteiger partial charge on any atom is -1.00 e. The number of carbonyl (C=O) groups excluding carboxylic acids is 1. The molecule has 4 aliphatic heterocycles. The molecule has 8 heterocycles. The van der Waals surface area contributed by atoms with E-state index in [0.717, 1.165) is 105 Å². The Bertz CT molecular complexity index is 3820.